The van der Waals surface area contributed by atoms with Crippen molar-refractivity contribution in [3.05, 3.63) is 23.8 Å². The number of carbonyl (C=O) groups is 2. The van der Waals surface area contributed by atoms with Crippen LogP contribution in [0.1, 0.15) is 36.3 Å². The maximum absolute atomic E-state index is 12.6. The lowest BCUT2D eigenvalue weighted by molar-refractivity contribution is -0.137. The Hall–Kier alpha value is -2.51. The summed E-state index contributed by atoms with van der Waals surface area (Å²) in [5.74, 6) is -0.964. The van der Waals surface area contributed by atoms with E-state index in [1.165, 1.54) is 21.9 Å². The molecule has 0 atom stereocenters. The summed E-state index contributed by atoms with van der Waals surface area (Å²) in [6.45, 7) is 3.84. The lowest BCUT2D eigenvalue weighted by Gasteiger charge is -2.21. The van der Waals surface area contributed by atoms with Crippen LogP contribution in [0, 0.1) is 0 Å². The maximum Gasteiger partial charge on any atom is 0.323 e. The molecule has 0 saturated carbocycles. The Morgan fingerprint density at radius 3 is 2.71 bits per heavy atom. The number of carboxylic acids is 1. The highest BCUT2D eigenvalue weighted by Crippen LogP contribution is 2.13. The molecular weight excluding hydrogens is 274 g/mol. The van der Waals surface area contributed by atoms with E-state index in [9.17, 15) is 9.59 Å². The molecule has 0 aliphatic rings. The summed E-state index contributed by atoms with van der Waals surface area (Å²) >= 11 is 0. The summed E-state index contributed by atoms with van der Waals surface area (Å²) < 4.78 is 1.51. The Kier molecular flexibility index (Phi) is 4.46. The van der Waals surface area contributed by atoms with Gasteiger partial charge in [-0.25, -0.2) is 9.50 Å². The molecule has 0 radical (unpaired) electrons. The van der Waals surface area contributed by atoms with Gasteiger partial charge in [-0.05, 0) is 12.8 Å². The van der Waals surface area contributed by atoms with Crippen LogP contribution in [0.25, 0.3) is 5.78 Å². The largest absolute Gasteiger partial charge is 0.480 e. The molecule has 0 bridgehead atoms. The summed E-state index contributed by atoms with van der Waals surface area (Å²) in [7, 11) is 0. The lowest BCUT2D eigenvalue weighted by Crippen LogP contribution is -2.37. The van der Waals surface area contributed by atoms with Crippen LogP contribution in [-0.2, 0) is 11.2 Å². The molecule has 21 heavy (non-hydrogen) atoms. The van der Waals surface area contributed by atoms with Crippen LogP contribution in [0.15, 0.2) is 12.5 Å². The first-order chi connectivity index (χ1) is 10.1. The average molecular weight is 291 g/mol. The Morgan fingerprint density at radius 2 is 2.10 bits per heavy atom. The van der Waals surface area contributed by atoms with E-state index in [4.69, 9.17) is 5.11 Å². The van der Waals surface area contributed by atoms with Crippen molar-refractivity contribution in [2.45, 2.75) is 26.7 Å². The van der Waals surface area contributed by atoms with E-state index < -0.39 is 5.97 Å². The van der Waals surface area contributed by atoms with Crippen molar-refractivity contribution < 1.29 is 14.7 Å². The van der Waals surface area contributed by atoms with Crippen LogP contribution >= 0.6 is 0 Å². The first kappa shape index (κ1) is 14.9. The highest BCUT2D eigenvalue weighted by molar-refractivity contribution is 5.96. The second-order valence-corrected chi connectivity index (χ2v) is 4.56. The van der Waals surface area contributed by atoms with Crippen LogP contribution in [-0.4, -0.2) is 54.6 Å². The molecule has 1 N–H and O–H groups in total. The van der Waals surface area contributed by atoms with Gasteiger partial charge in [-0.3, -0.25) is 9.59 Å². The maximum atomic E-state index is 12.6. The van der Waals surface area contributed by atoms with Gasteiger partial charge in [0.2, 0.25) is 0 Å². The second-order valence-electron chi connectivity index (χ2n) is 4.56. The molecule has 0 saturated heterocycles. The normalized spacial score (nSPS) is 10.8. The standard InChI is InChI=1S/C13H17N5O3/c1-3-5-17(7-11(19)20)12(21)9-6-14-13-15-8-16-18(13)10(9)4-2/h6,8H,3-5,7H2,1-2H3,(H,19,20). The van der Waals surface area contributed by atoms with Crippen molar-refractivity contribution in [2.75, 3.05) is 13.1 Å². The quantitative estimate of drug-likeness (QED) is 0.837. The third kappa shape index (κ3) is 2.99. The van der Waals surface area contributed by atoms with E-state index in [2.05, 4.69) is 15.1 Å². The number of rotatable bonds is 6. The molecule has 0 aliphatic carbocycles. The molecule has 8 nitrogen and oxygen atoms in total. The molecule has 0 unspecified atom stereocenters. The molecule has 8 heteroatoms. The van der Waals surface area contributed by atoms with E-state index in [0.717, 1.165) is 0 Å². The number of amides is 1. The van der Waals surface area contributed by atoms with Crippen LogP contribution in [0.3, 0.4) is 0 Å². The predicted molar refractivity (Wildman–Crippen MR) is 74.0 cm³/mol. The monoisotopic (exact) mass is 291 g/mol. The summed E-state index contributed by atoms with van der Waals surface area (Å²) in [5.41, 5.74) is 1.04. The van der Waals surface area contributed by atoms with Crippen LogP contribution in [0.4, 0.5) is 0 Å². The highest BCUT2D eigenvalue weighted by Gasteiger charge is 2.22. The van der Waals surface area contributed by atoms with Gasteiger partial charge in [0.15, 0.2) is 0 Å². The number of aliphatic carboxylic acids is 1. The number of carbonyl (C=O) groups excluding carboxylic acids is 1. The number of carboxylic acid groups (broad SMARTS) is 1. The Labute approximate surface area is 121 Å². The molecule has 1 amide bonds. The Balaban J connectivity index is 2.43. The smallest absolute Gasteiger partial charge is 0.323 e. The molecule has 0 spiro atoms. The first-order valence-electron chi connectivity index (χ1n) is 6.77. The fraction of sp³-hybridized carbons (Fsp3) is 0.462. The lowest BCUT2D eigenvalue weighted by atomic mass is 10.1. The van der Waals surface area contributed by atoms with Gasteiger partial charge in [0.1, 0.15) is 12.9 Å². The SMILES string of the molecule is CCCN(CC(=O)O)C(=O)c1cnc2ncnn2c1CC. The van der Waals surface area contributed by atoms with Gasteiger partial charge in [0.25, 0.3) is 11.7 Å². The summed E-state index contributed by atoms with van der Waals surface area (Å²) in [6, 6.07) is 0. The molecular formula is C13H17N5O3. The third-order valence-corrected chi connectivity index (χ3v) is 3.08. The number of aromatic nitrogens is 4. The molecule has 2 aromatic heterocycles. The molecule has 2 rings (SSSR count). The zero-order chi connectivity index (χ0) is 15.4. The van der Waals surface area contributed by atoms with Crippen LogP contribution < -0.4 is 0 Å². The summed E-state index contributed by atoms with van der Waals surface area (Å²) in [4.78, 5) is 32.9. The van der Waals surface area contributed by atoms with Gasteiger partial charge in [0.05, 0.1) is 11.3 Å². The average Bonchev–Trinajstić information content (AvgIpc) is 2.92. The van der Waals surface area contributed by atoms with Crippen LogP contribution in [0.2, 0.25) is 0 Å². The Bertz CT molecular complexity index is 667. The zero-order valence-corrected chi connectivity index (χ0v) is 12.0. The molecule has 2 heterocycles. The molecule has 0 aromatic carbocycles. The number of fused-ring (bicyclic) bond motifs is 1. The number of hydrogen-bond donors (Lipinski definition) is 1. The van der Waals surface area contributed by atoms with E-state index in [0.29, 0.717) is 36.4 Å². The van der Waals surface area contributed by atoms with Gasteiger partial charge < -0.3 is 10.0 Å². The van der Waals surface area contributed by atoms with Crippen LogP contribution in [0.5, 0.6) is 0 Å². The first-order valence-corrected chi connectivity index (χ1v) is 6.77. The van der Waals surface area contributed by atoms with Crippen molar-refractivity contribution in [2.24, 2.45) is 0 Å². The predicted octanol–water partition coefficient (Wildman–Crippen LogP) is 0.623. The minimum atomic E-state index is -1.04. The van der Waals surface area contributed by atoms with Gasteiger partial charge >= 0.3 is 5.97 Å². The molecule has 0 aliphatic heterocycles. The van der Waals surface area contributed by atoms with Crippen molar-refractivity contribution in [3.63, 3.8) is 0 Å². The minimum absolute atomic E-state index is 0.328. The molecule has 2 aromatic rings. The topological polar surface area (TPSA) is 101 Å². The van der Waals surface area contributed by atoms with Crippen molar-refractivity contribution in [3.8, 4) is 0 Å². The summed E-state index contributed by atoms with van der Waals surface area (Å²) in [6.07, 6.45) is 4.06. The van der Waals surface area contributed by atoms with Gasteiger partial charge in [-0.2, -0.15) is 10.1 Å². The van der Waals surface area contributed by atoms with E-state index >= 15 is 0 Å². The molecule has 112 valence electrons. The summed E-state index contributed by atoms with van der Waals surface area (Å²) in [5, 5.41) is 13.0. The minimum Gasteiger partial charge on any atom is -0.480 e. The third-order valence-electron chi connectivity index (χ3n) is 3.08. The number of nitrogens with zero attached hydrogens (tertiary/aromatic N) is 5. The second kappa shape index (κ2) is 6.29. The Morgan fingerprint density at radius 1 is 1.33 bits per heavy atom. The zero-order valence-electron chi connectivity index (χ0n) is 12.0. The fourth-order valence-corrected chi connectivity index (χ4v) is 2.20. The van der Waals surface area contributed by atoms with Crippen molar-refractivity contribution in [1.82, 2.24) is 24.5 Å². The van der Waals surface area contributed by atoms with Crippen molar-refractivity contribution in [1.29, 1.82) is 0 Å². The molecule has 0 fully saturated rings. The van der Waals surface area contributed by atoms with Gasteiger partial charge in [-0.15, -0.1) is 0 Å². The number of aryl methyl sites for hydroxylation is 1. The van der Waals surface area contributed by atoms with Gasteiger partial charge in [0, 0.05) is 12.7 Å². The van der Waals surface area contributed by atoms with E-state index in [1.807, 2.05) is 13.8 Å². The fourth-order valence-electron chi connectivity index (χ4n) is 2.20. The highest BCUT2D eigenvalue weighted by atomic mass is 16.4. The van der Waals surface area contributed by atoms with Crippen molar-refractivity contribution >= 4 is 17.7 Å². The van der Waals surface area contributed by atoms with E-state index in [-0.39, 0.29) is 12.5 Å². The number of hydrogen-bond acceptors (Lipinski definition) is 5. The van der Waals surface area contributed by atoms with E-state index in [1.54, 1.807) is 0 Å². The van der Waals surface area contributed by atoms with Gasteiger partial charge in [-0.1, -0.05) is 13.8 Å².